The Morgan fingerprint density at radius 3 is 2.60 bits per heavy atom. The van der Waals surface area contributed by atoms with E-state index in [1.54, 1.807) is 0 Å². The molecule has 1 aliphatic rings. The monoisotopic (exact) mass is 139 g/mol. The normalized spacial score (nSPS) is 23.2. The maximum atomic E-state index is 5.11. The second-order valence-corrected chi connectivity index (χ2v) is 2.56. The lowest BCUT2D eigenvalue weighted by atomic mass is 10.1. The second-order valence-electron chi connectivity index (χ2n) is 2.56. The van der Waals surface area contributed by atoms with E-state index in [0.29, 0.717) is 0 Å². The Labute approximate surface area is 59.0 Å². The van der Waals surface area contributed by atoms with Crippen molar-refractivity contribution in [1.82, 2.24) is 5.16 Å². The van der Waals surface area contributed by atoms with Crippen LogP contribution < -0.4 is 0 Å². The minimum atomic E-state index is 0.270. The molecule has 0 N–H and O–H groups in total. The molecule has 1 aliphatic heterocycles. The largest absolute Gasteiger partial charge is 0.368 e. The van der Waals surface area contributed by atoms with Crippen molar-refractivity contribution >= 4 is 0 Å². The average molecular weight is 139 g/mol. The van der Waals surface area contributed by atoms with Gasteiger partial charge in [-0.1, -0.05) is 5.16 Å². The van der Waals surface area contributed by atoms with E-state index in [4.69, 9.17) is 9.26 Å². The first kappa shape index (κ1) is 5.92. The molecular weight excluding hydrogens is 130 g/mol. The summed E-state index contributed by atoms with van der Waals surface area (Å²) in [5.74, 6) is 0.889. The highest BCUT2D eigenvalue weighted by Gasteiger charge is 2.30. The van der Waals surface area contributed by atoms with E-state index >= 15 is 0 Å². The number of hydrogen-bond donors (Lipinski definition) is 0. The SMILES string of the molecule is Cc1noc(C)c1[C@H]1CO1. The average Bonchev–Trinajstić information content (AvgIpc) is 2.64. The molecule has 0 amide bonds. The molecule has 3 nitrogen and oxygen atoms in total. The van der Waals surface area contributed by atoms with Crippen molar-refractivity contribution in [3.05, 3.63) is 17.0 Å². The molecule has 1 atom stereocenters. The standard InChI is InChI=1S/C7H9NO2/c1-4-7(6-3-9-6)5(2)10-8-4/h6H,3H2,1-2H3/t6-/m1/s1. The number of rotatable bonds is 1. The summed E-state index contributed by atoms with van der Waals surface area (Å²) in [7, 11) is 0. The van der Waals surface area contributed by atoms with Gasteiger partial charge >= 0.3 is 0 Å². The third-order valence-corrected chi connectivity index (χ3v) is 1.74. The van der Waals surface area contributed by atoms with Crippen LogP contribution in [0.2, 0.25) is 0 Å². The fourth-order valence-corrected chi connectivity index (χ4v) is 1.16. The third kappa shape index (κ3) is 0.743. The summed E-state index contributed by atoms with van der Waals surface area (Å²) >= 11 is 0. The molecule has 0 aliphatic carbocycles. The number of ether oxygens (including phenoxy) is 1. The lowest BCUT2D eigenvalue weighted by Gasteiger charge is -1.88. The Morgan fingerprint density at radius 1 is 1.50 bits per heavy atom. The van der Waals surface area contributed by atoms with Crippen LogP contribution in [-0.2, 0) is 4.74 Å². The van der Waals surface area contributed by atoms with E-state index in [0.717, 1.165) is 23.6 Å². The zero-order valence-electron chi connectivity index (χ0n) is 6.05. The molecule has 1 saturated heterocycles. The van der Waals surface area contributed by atoms with Gasteiger partial charge in [0.15, 0.2) is 0 Å². The Kier molecular flexibility index (Phi) is 1.08. The first-order valence-electron chi connectivity index (χ1n) is 3.33. The number of epoxide rings is 1. The summed E-state index contributed by atoms with van der Waals surface area (Å²) in [5.41, 5.74) is 2.10. The van der Waals surface area contributed by atoms with Crippen molar-refractivity contribution in [2.75, 3.05) is 6.61 Å². The van der Waals surface area contributed by atoms with Gasteiger partial charge < -0.3 is 9.26 Å². The molecule has 54 valence electrons. The van der Waals surface area contributed by atoms with Crippen LogP contribution in [0.25, 0.3) is 0 Å². The minimum Gasteiger partial charge on any atom is -0.368 e. The van der Waals surface area contributed by atoms with Gasteiger partial charge in [0.25, 0.3) is 0 Å². The van der Waals surface area contributed by atoms with Gasteiger partial charge in [-0.2, -0.15) is 0 Å². The minimum absolute atomic E-state index is 0.270. The zero-order chi connectivity index (χ0) is 7.14. The van der Waals surface area contributed by atoms with Crippen molar-refractivity contribution < 1.29 is 9.26 Å². The number of nitrogens with zero attached hydrogens (tertiary/aromatic N) is 1. The quantitative estimate of drug-likeness (QED) is 0.551. The Bertz CT molecular complexity index is 231. The van der Waals surface area contributed by atoms with Gasteiger partial charge in [-0.3, -0.25) is 0 Å². The zero-order valence-corrected chi connectivity index (χ0v) is 6.05. The third-order valence-electron chi connectivity index (χ3n) is 1.74. The van der Waals surface area contributed by atoms with Crippen molar-refractivity contribution in [2.24, 2.45) is 0 Å². The molecule has 2 heterocycles. The van der Waals surface area contributed by atoms with Crippen LogP contribution in [0, 0.1) is 13.8 Å². The molecule has 0 aromatic carbocycles. The summed E-state index contributed by atoms with van der Waals surface area (Å²) in [6.45, 7) is 4.67. The van der Waals surface area contributed by atoms with Crippen LogP contribution >= 0.6 is 0 Å². The van der Waals surface area contributed by atoms with Crippen LogP contribution in [0.1, 0.15) is 23.1 Å². The maximum Gasteiger partial charge on any atom is 0.139 e. The van der Waals surface area contributed by atoms with E-state index < -0.39 is 0 Å². The van der Waals surface area contributed by atoms with E-state index in [1.165, 1.54) is 0 Å². The fraction of sp³-hybridized carbons (Fsp3) is 0.571. The molecule has 0 unspecified atom stereocenters. The number of hydrogen-bond acceptors (Lipinski definition) is 3. The molecule has 1 aromatic heterocycles. The highest BCUT2D eigenvalue weighted by molar-refractivity contribution is 5.26. The number of aromatic nitrogens is 1. The van der Waals surface area contributed by atoms with Gasteiger partial charge in [0.05, 0.1) is 12.3 Å². The molecule has 10 heavy (non-hydrogen) atoms. The van der Waals surface area contributed by atoms with Crippen molar-refractivity contribution in [3.63, 3.8) is 0 Å². The molecule has 0 radical (unpaired) electrons. The Morgan fingerprint density at radius 2 is 2.20 bits per heavy atom. The molecule has 0 saturated carbocycles. The van der Waals surface area contributed by atoms with Crippen molar-refractivity contribution in [3.8, 4) is 0 Å². The van der Waals surface area contributed by atoms with Crippen LogP contribution in [0.5, 0.6) is 0 Å². The fourth-order valence-electron chi connectivity index (χ4n) is 1.16. The van der Waals surface area contributed by atoms with Gasteiger partial charge in [0, 0.05) is 5.56 Å². The smallest absolute Gasteiger partial charge is 0.139 e. The van der Waals surface area contributed by atoms with Gasteiger partial charge in [-0.15, -0.1) is 0 Å². The summed E-state index contributed by atoms with van der Waals surface area (Å²) in [5, 5.41) is 3.82. The molecule has 0 spiro atoms. The Hall–Kier alpha value is -0.830. The lowest BCUT2D eigenvalue weighted by molar-refractivity contribution is 0.385. The molecule has 3 heteroatoms. The molecule has 1 aromatic rings. The predicted octanol–water partition coefficient (Wildman–Crippen LogP) is 1.36. The second kappa shape index (κ2) is 1.83. The molecule has 2 rings (SSSR count). The summed E-state index contributed by atoms with van der Waals surface area (Å²) in [6, 6.07) is 0. The van der Waals surface area contributed by atoms with Crippen molar-refractivity contribution in [1.29, 1.82) is 0 Å². The summed E-state index contributed by atoms with van der Waals surface area (Å²) < 4.78 is 10.1. The molecular formula is C7H9NO2. The topological polar surface area (TPSA) is 38.6 Å². The van der Waals surface area contributed by atoms with Crippen LogP contribution in [0.4, 0.5) is 0 Å². The van der Waals surface area contributed by atoms with Gasteiger partial charge in [0.2, 0.25) is 0 Å². The van der Waals surface area contributed by atoms with Crippen molar-refractivity contribution in [2.45, 2.75) is 20.0 Å². The van der Waals surface area contributed by atoms with Crippen LogP contribution in [0.15, 0.2) is 4.52 Å². The number of aryl methyl sites for hydroxylation is 2. The maximum absolute atomic E-state index is 5.11. The van der Waals surface area contributed by atoms with E-state index in [2.05, 4.69) is 5.16 Å². The highest BCUT2D eigenvalue weighted by Crippen LogP contribution is 2.33. The first-order chi connectivity index (χ1) is 4.79. The lowest BCUT2D eigenvalue weighted by Crippen LogP contribution is -1.83. The molecule has 0 bridgehead atoms. The Balaban J connectivity index is 2.44. The van der Waals surface area contributed by atoms with Crippen LogP contribution in [-0.4, -0.2) is 11.8 Å². The van der Waals surface area contributed by atoms with E-state index in [1.807, 2.05) is 13.8 Å². The van der Waals surface area contributed by atoms with E-state index in [-0.39, 0.29) is 6.10 Å². The summed E-state index contributed by atoms with van der Waals surface area (Å²) in [4.78, 5) is 0. The van der Waals surface area contributed by atoms with Crippen LogP contribution in [0.3, 0.4) is 0 Å². The predicted molar refractivity (Wildman–Crippen MR) is 34.7 cm³/mol. The van der Waals surface area contributed by atoms with Gasteiger partial charge in [-0.05, 0) is 13.8 Å². The van der Waals surface area contributed by atoms with Gasteiger partial charge in [-0.25, -0.2) is 0 Å². The van der Waals surface area contributed by atoms with E-state index in [9.17, 15) is 0 Å². The first-order valence-corrected chi connectivity index (χ1v) is 3.33. The van der Waals surface area contributed by atoms with Gasteiger partial charge in [0.1, 0.15) is 11.9 Å². The summed E-state index contributed by atoms with van der Waals surface area (Å²) in [6.07, 6.45) is 0.270. The molecule has 1 fully saturated rings. The highest BCUT2D eigenvalue weighted by atomic mass is 16.6.